The molecule has 0 saturated heterocycles. The molecule has 0 aromatic carbocycles. The van der Waals surface area contributed by atoms with Crippen LogP contribution in [0.2, 0.25) is 0 Å². The van der Waals surface area contributed by atoms with E-state index in [9.17, 15) is 0 Å². The molecule has 106 valence electrons. The Kier molecular flexibility index (Phi) is 5.31. The number of nitrogens with zero attached hydrogens (tertiary/aromatic N) is 2. The Balaban J connectivity index is 1.83. The second-order valence-electron chi connectivity index (χ2n) is 5.58. The van der Waals surface area contributed by atoms with Crippen molar-refractivity contribution < 1.29 is 4.74 Å². The zero-order valence-corrected chi connectivity index (χ0v) is 12.0. The lowest BCUT2D eigenvalue weighted by Crippen LogP contribution is -2.38. The van der Waals surface area contributed by atoms with Crippen molar-refractivity contribution in [1.29, 1.82) is 0 Å². The van der Waals surface area contributed by atoms with Crippen molar-refractivity contribution in [2.75, 3.05) is 26.8 Å². The largest absolute Gasteiger partial charge is 0.380 e. The molecule has 0 bridgehead atoms. The highest BCUT2D eigenvalue weighted by Gasteiger charge is 2.23. The Bertz CT molecular complexity index is 365. The van der Waals surface area contributed by atoms with Crippen LogP contribution in [0.25, 0.3) is 0 Å². The summed E-state index contributed by atoms with van der Waals surface area (Å²) in [5, 5.41) is 0. The van der Waals surface area contributed by atoms with E-state index in [2.05, 4.69) is 16.9 Å². The first-order valence-corrected chi connectivity index (χ1v) is 7.12. The van der Waals surface area contributed by atoms with Crippen molar-refractivity contribution in [1.82, 2.24) is 9.88 Å². The van der Waals surface area contributed by atoms with E-state index in [4.69, 9.17) is 10.5 Å². The first-order chi connectivity index (χ1) is 9.18. The van der Waals surface area contributed by atoms with Gasteiger partial charge in [0.05, 0.1) is 6.61 Å². The van der Waals surface area contributed by atoms with Gasteiger partial charge in [-0.15, -0.1) is 0 Å². The third kappa shape index (κ3) is 4.56. The summed E-state index contributed by atoms with van der Waals surface area (Å²) in [6, 6.07) is 4.37. The topological polar surface area (TPSA) is 51.4 Å². The van der Waals surface area contributed by atoms with Crippen molar-refractivity contribution in [3.05, 3.63) is 30.1 Å². The van der Waals surface area contributed by atoms with Crippen LogP contribution in [0.15, 0.2) is 24.5 Å². The predicted octanol–water partition coefficient (Wildman–Crippen LogP) is 1.83. The van der Waals surface area contributed by atoms with Gasteiger partial charge in [-0.3, -0.25) is 9.88 Å². The molecule has 2 rings (SSSR count). The quantitative estimate of drug-likeness (QED) is 0.727. The molecular formula is C15H25N3O. The predicted molar refractivity (Wildman–Crippen MR) is 76.8 cm³/mol. The van der Waals surface area contributed by atoms with E-state index in [1.807, 2.05) is 31.5 Å². The minimum absolute atomic E-state index is 0.0795. The lowest BCUT2D eigenvalue weighted by Gasteiger charge is -2.31. The van der Waals surface area contributed by atoms with Gasteiger partial charge in [-0.25, -0.2) is 0 Å². The van der Waals surface area contributed by atoms with Crippen LogP contribution < -0.4 is 5.73 Å². The van der Waals surface area contributed by atoms with Crippen molar-refractivity contribution in [2.24, 2.45) is 11.7 Å². The van der Waals surface area contributed by atoms with Gasteiger partial charge in [-0.1, -0.05) is 0 Å². The van der Waals surface area contributed by atoms with E-state index in [0.29, 0.717) is 0 Å². The molecule has 0 amide bonds. The number of hydrogen-bond acceptors (Lipinski definition) is 4. The summed E-state index contributed by atoms with van der Waals surface area (Å²) in [6.07, 6.45) is 6.33. The van der Waals surface area contributed by atoms with Gasteiger partial charge in [-0.2, -0.15) is 0 Å². The second-order valence-corrected chi connectivity index (χ2v) is 5.58. The Morgan fingerprint density at radius 2 is 2.11 bits per heavy atom. The zero-order valence-electron chi connectivity index (χ0n) is 12.0. The molecule has 1 aromatic rings. The van der Waals surface area contributed by atoms with Gasteiger partial charge in [0.1, 0.15) is 0 Å². The van der Waals surface area contributed by atoms with Crippen molar-refractivity contribution in [2.45, 2.75) is 31.8 Å². The molecular weight excluding hydrogens is 238 g/mol. The molecule has 1 aromatic heterocycles. The van der Waals surface area contributed by atoms with Crippen LogP contribution in [-0.2, 0) is 4.74 Å². The fourth-order valence-corrected chi connectivity index (χ4v) is 2.40. The molecule has 1 aliphatic carbocycles. The second kappa shape index (κ2) is 6.98. The van der Waals surface area contributed by atoms with Crippen molar-refractivity contribution in [3.63, 3.8) is 0 Å². The molecule has 1 fully saturated rings. The Hall–Kier alpha value is -0.970. The summed E-state index contributed by atoms with van der Waals surface area (Å²) in [6.45, 7) is 4.65. The average Bonchev–Trinajstić information content (AvgIpc) is 3.20. The molecule has 1 heterocycles. The maximum Gasteiger partial charge on any atom is 0.0593 e. The van der Waals surface area contributed by atoms with E-state index in [0.717, 1.165) is 25.7 Å². The summed E-state index contributed by atoms with van der Waals surface area (Å²) in [4.78, 5) is 6.33. The molecule has 1 aliphatic rings. The smallest absolute Gasteiger partial charge is 0.0593 e. The minimum Gasteiger partial charge on any atom is -0.380 e. The number of rotatable bonds is 8. The summed E-state index contributed by atoms with van der Waals surface area (Å²) in [5.41, 5.74) is 7.35. The number of nitrogens with two attached hydrogens (primary N) is 1. The number of likely N-dealkylation sites (N-methyl/N-ethyl adjacent to an activating group) is 1. The number of ether oxygens (including phenoxy) is 1. The third-order valence-electron chi connectivity index (χ3n) is 3.66. The minimum atomic E-state index is 0.0795. The van der Waals surface area contributed by atoms with E-state index in [1.54, 1.807) is 0 Å². The first kappa shape index (κ1) is 14.4. The first-order valence-electron chi connectivity index (χ1n) is 7.12. The summed E-state index contributed by atoms with van der Waals surface area (Å²) in [5.74, 6) is 0.828. The van der Waals surface area contributed by atoms with Gasteiger partial charge in [0.2, 0.25) is 0 Å². The summed E-state index contributed by atoms with van der Waals surface area (Å²) < 4.78 is 5.70. The normalized spacial score (nSPS) is 18.5. The van der Waals surface area contributed by atoms with Gasteiger partial charge < -0.3 is 10.5 Å². The van der Waals surface area contributed by atoms with Crippen LogP contribution in [0.3, 0.4) is 0 Å². The molecule has 4 nitrogen and oxygen atoms in total. The standard InChI is InChI=1S/C15H25N3O/c1-12(16)15(14-5-7-17-8-6-14)18(2)9-10-19-11-13-3-4-13/h5-8,12-13,15H,3-4,9-11,16H2,1-2H3. The van der Waals surface area contributed by atoms with Crippen LogP contribution in [0.4, 0.5) is 0 Å². The highest BCUT2D eigenvalue weighted by atomic mass is 16.5. The molecule has 4 heteroatoms. The molecule has 2 unspecified atom stereocenters. The van der Waals surface area contributed by atoms with Gasteiger partial charge in [-0.05, 0) is 50.4 Å². The lowest BCUT2D eigenvalue weighted by atomic mass is 10.0. The fourth-order valence-electron chi connectivity index (χ4n) is 2.40. The highest BCUT2D eigenvalue weighted by molar-refractivity contribution is 5.16. The molecule has 0 aliphatic heterocycles. The fraction of sp³-hybridized carbons (Fsp3) is 0.667. The van der Waals surface area contributed by atoms with E-state index >= 15 is 0 Å². The van der Waals surface area contributed by atoms with Gasteiger partial charge in [0.15, 0.2) is 0 Å². The Morgan fingerprint density at radius 1 is 1.42 bits per heavy atom. The lowest BCUT2D eigenvalue weighted by molar-refractivity contribution is 0.0875. The zero-order chi connectivity index (χ0) is 13.7. The van der Waals surface area contributed by atoms with Crippen molar-refractivity contribution >= 4 is 0 Å². The Morgan fingerprint density at radius 3 is 2.68 bits per heavy atom. The molecule has 19 heavy (non-hydrogen) atoms. The number of pyridine rings is 1. The highest BCUT2D eigenvalue weighted by Crippen LogP contribution is 2.28. The summed E-state index contributed by atoms with van der Waals surface area (Å²) >= 11 is 0. The molecule has 2 N–H and O–H groups in total. The number of hydrogen-bond donors (Lipinski definition) is 1. The maximum atomic E-state index is 6.13. The Labute approximate surface area is 116 Å². The van der Waals surface area contributed by atoms with E-state index in [1.165, 1.54) is 18.4 Å². The van der Waals surface area contributed by atoms with Crippen LogP contribution in [0.1, 0.15) is 31.4 Å². The molecule has 2 atom stereocenters. The monoisotopic (exact) mass is 263 g/mol. The van der Waals surface area contributed by atoms with Crippen LogP contribution in [-0.4, -0.2) is 42.7 Å². The molecule has 1 saturated carbocycles. The van der Waals surface area contributed by atoms with Gasteiger partial charge in [0.25, 0.3) is 0 Å². The van der Waals surface area contributed by atoms with Crippen LogP contribution in [0.5, 0.6) is 0 Å². The van der Waals surface area contributed by atoms with Gasteiger partial charge in [0, 0.05) is 37.6 Å². The molecule has 0 spiro atoms. The molecule has 0 radical (unpaired) electrons. The summed E-state index contributed by atoms with van der Waals surface area (Å²) in [7, 11) is 2.11. The van der Waals surface area contributed by atoms with E-state index in [-0.39, 0.29) is 12.1 Å². The third-order valence-corrected chi connectivity index (χ3v) is 3.66. The van der Waals surface area contributed by atoms with Crippen LogP contribution in [0, 0.1) is 5.92 Å². The average molecular weight is 263 g/mol. The van der Waals surface area contributed by atoms with E-state index < -0.39 is 0 Å². The van der Waals surface area contributed by atoms with Crippen molar-refractivity contribution in [3.8, 4) is 0 Å². The van der Waals surface area contributed by atoms with Gasteiger partial charge >= 0.3 is 0 Å². The van der Waals surface area contributed by atoms with Crippen LogP contribution >= 0.6 is 0 Å². The number of aromatic nitrogens is 1. The SMILES string of the molecule is CC(N)C(c1ccncc1)N(C)CCOCC1CC1. The maximum absolute atomic E-state index is 6.13.